The molecule has 0 bridgehead atoms. The maximum atomic E-state index is 13.0. The first kappa shape index (κ1) is 28.4. The Balaban J connectivity index is 1.44. The van der Waals surface area contributed by atoms with Crippen LogP contribution in [0.3, 0.4) is 0 Å². The number of ether oxygens (including phenoxy) is 2. The number of rotatable bonds is 10. The molecule has 0 fully saturated rings. The Morgan fingerprint density at radius 3 is 2.74 bits per heavy atom. The zero-order valence-electron chi connectivity index (χ0n) is 22.1. The highest BCUT2D eigenvalue weighted by Crippen LogP contribution is 2.38. The Kier molecular flexibility index (Phi) is 9.73. The number of carbonyl (C=O) groups excluding carboxylic acids is 2. The van der Waals surface area contributed by atoms with Gasteiger partial charge in [0.05, 0.1) is 17.9 Å². The lowest BCUT2D eigenvalue weighted by Gasteiger charge is -2.16. The molecule has 0 spiro atoms. The number of hydrogen-bond donors (Lipinski definition) is 1. The first-order valence-corrected chi connectivity index (χ1v) is 15.1. The van der Waals surface area contributed by atoms with Crippen LogP contribution in [0, 0.1) is 6.92 Å². The summed E-state index contributed by atoms with van der Waals surface area (Å²) >= 11 is 8.93. The van der Waals surface area contributed by atoms with Gasteiger partial charge in [-0.15, -0.1) is 21.5 Å². The van der Waals surface area contributed by atoms with Gasteiger partial charge in [-0.2, -0.15) is 0 Å². The molecule has 2 aromatic heterocycles. The normalized spacial score (nSPS) is 13.9. The van der Waals surface area contributed by atoms with Gasteiger partial charge in [0.15, 0.2) is 17.1 Å². The molecule has 2 heterocycles. The van der Waals surface area contributed by atoms with Crippen LogP contribution in [0.15, 0.2) is 23.4 Å². The molecule has 0 radical (unpaired) electrons. The summed E-state index contributed by atoms with van der Waals surface area (Å²) in [6.07, 6.45) is 4.69. The van der Waals surface area contributed by atoms with Gasteiger partial charge in [0.1, 0.15) is 10.8 Å². The van der Waals surface area contributed by atoms with Crippen molar-refractivity contribution in [1.82, 2.24) is 14.8 Å². The molecule has 1 aliphatic rings. The molecule has 1 aliphatic carbocycles. The summed E-state index contributed by atoms with van der Waals surface area (Å²) in [4.78, 5) is 26.9. The smallest absolute Gasteiger partial charge is 0.341 e. The van der Waals surface area contributed by atoms with Crippen LogP contribution >= 0.6 is 34.7 Å². The van der Waals surface area contributed by atoms with E-state index in [9.17, 15) is 9.59 Å². The Morgan fingerprint density at radius 2 is 2.00 bits per heavy atom. The molecule has 8 nitrogen and oxygen atoms in total. The monoisotopic (exact) mass is 576 g/mol. The number of nitrogens with zero attached hydrogens (tertiary/aromatic N) is 3. The predicted molar refractivity (Wildman–Crippen MR) is 152 cm³/mol. The average Bonchev–Trinajstić information content (AvgIpc) is 3.37. The van der Waals surface area contributed by atoms with Crippen molar-refractivity contribution in [2.75, 3.05) is 17.7 Å². The van der Waals surface area contributed by atoms with E-state index in [-0.39, 0.29) is 23.7 Å². The van der Waals surface area contributed by atoms with E-state index in [4.69, 9.17) is 21.1 Å². The molecule has 1 amide bonds. The third-order valence-electron chi connectivity index (χ3n) is 6.35. The molecule has 38 heavy (non-hydrogen) atoms. The highest BCUT2D eigenvalue weighted by molar-refractivity contribution is 7.99. The second-order valence-electron chi connectivity index (χ2n) is 9.08. The lowest BCUT2D eigenvalue weighted by Crippen LogP contribution is -2.17. The van der Waals surface area contributed by atoms with Gasteiger partial charge in [-0.25, -0.2) is 4.79 Å². The maximum Gasteiger partial charge on any atom is 0.341 e. The summed E-state index contributed by atoms with van der Waals surface area (Å²) in [5, 5.41) is 13.5. The number of aromatic nitrogens is 3. The number of carbonyl (C=O) groups is 2. The van der Waals surface area contributed by atoms with Gasteiger partial charge in [0.2, 0.25) is 5.91 Å². The Labute approximate surface area is 236 Å². The maximum absolute atomic E-state index is 13.0. The largest absolute Gasteiger partial charge is 0.483 e. The molecule has 3 aromatic rings. The summed E-state index contributed by atoms with van der Waals surface area (Å²) in [5.74, 6) is 0.939. The van der Waals surface area contributed by atoms with Crippen molar-refractivity contribution in [1.29, 1.82) is 0 Å². The Hall–Kier alpha value is -2.56. The Morgan fingerprint density at radius 1 is 1.21 bits per heavy atom. The molecule has 0 saturated heterocycles. The van der Waals surface area contributed by atoms with E-state index in [1.165, 1.54) is 28.0 Å². The van der Waals surface area contributed by atoms with Crippen LogP contribution in [-0.2, 0) is 28.9 Å². The van der Waals surface area contributed by atoms with Gasteiger partial charge in [0.25, 0.3) is 0 Å². The van der Waals surface area contributed by atoms with Crippen molar-refractivity contribution in [3.05, 3.63) is 50.6 Å². The van der Waals surface area contributed by atoms with Crippen molar-refractivity contribution < 1.29 is 19.1 Å². The van der Waals surface area contributed by atoms with Gasteiger partial charge >= 0.3 is 5.97 Å². The summed E-state index contributed by atoms with van der Waals surface area (Å²) in [5.41, 5.74) is 2.49. The summed E-state index contributed by atoms with van der Waals surface area (Å²) in [6, 6.07) is 5.52. The zero-order valence-corrected chi connectivity index (χ0v) is 24.5. The van der Waals surface area contributed by atoms with E-state index in [0.717, 1.165) is 43.2 Å². The van der Waals surface area contributed by atoms with Gasteiger partial charge in [-0.3, -0.25) is 4.79 Å². The van der Waals surface area contributed by atoms with E-state index in [1.807, 2.05) is 43.5 Å². The molecule has 1 aromatic carbocycles. The highest BCUT2D eigenvalue weighted by atomic mass is 35.5. The van der Waals surface area contributed by atoms with Crippen LogP contribution in [0.5, 0.6) is 5.75 Å². The average molecular weight is 577 g/mol. The minimum Gasteiger partial charge on any atom is -0.483 e. The molecule has 1 N–H and O–H groups in total. The fourth-order valence-electron chi connectivity index (χ4n) is 4.49. The molecule has 4 rings (SSSR count). The predicted octanol–water partition coefficient (Wildman–Crippen LogP) is 6.64. The minimum atomic E-state index is -0.366. The second kappa shape index (κ2) is 13.0. The van der Waals surface area contributed by atoms with Crippen LogP contribution in [0.1, 0.15) is 78.3 Å². The molecule has 204 valence electrons. The van der Waals surface area contributed by atoms with Crippen LogP contribution in [0.4, 0.5) is 5.00 Å². The molecule has 1 unspecified atom stereocenters. The van der Waals surface area contributed by atoms with Crippen molar-refractivity contribution in [3.8, 4) is 5.75 Å². The number of fused-ring (bicyclic) bond motifs is 1. The van der Waals surface area contributed by atoms with Crippen molar-refractivity contribution in [2.24, 2.45) is 0 Å². The molecule has 0 saturated carbocycles. The first-order chi connectivity index (χ1) is 18.3. The van der Waals surface area contributed by atoms with E-state index in [2.05, 4.69) is 15.5 Å². The molecule has 0 aliphatic heterocycles. The highest BCUT2D eigenvalue weighted by Gasteiger charge is 2.27. The molecular formula is C27H33ClN4O4S2. The number of hydrogen-bond acceptors (Lipinski definition) is 8. The molecule has 1 atom stereocenters. The third kappa shape index (κ3) is 6.52. The van der Waals surface area contributed by atoms with E-state index < -0.39 is 0 Å². The van der Waals surface area contributed by atoms with Crippen molar-refractivity contribution in [2.45, 2.75) is 77.6 Å². The van der Waals surface area contributed by atoms with Crippen LogP contribution in [0.2, 0.25) is 5.02 Å². The van der Waals surface area contributed by atoms with Gasteiger partial charge in [-0.1, -0.05) is 29.8 Å². The van der Waals surface area contributed by atoms with Crippen molar-refractivity contribution in [3.63, 3.8) is 0 Å². The fourth-order valence-corrected chi connectivity index (χ4v) is 6.72. The van der Waals surface area contributed by atoms with Crippen LogP contribution in [-0.4, -0.2) is 39.0 Å². The van der Waals surface area contributed by atoms with Crippen molar-refractivity contribution >= 4 is 51.6 Å². The van der Waals surface area contributed by atoms with E-state index in [1.54, 1.807) is 6.92 Å². The number of amides is 1. The van der Waals surface area contributed by atoms with E-state index in [0.29, 0.717) is 45.5 Å². The third-order valence-corrected chi connectivity index (χ3v) is 8.95. The number of aryl methyl sites for hydroxylation is 2. The summed E-state index contributed by atoms with van der Waals surface area (Å²) in [7, 11) is 0. The number of anilines is 1. The number of thiophene rings is 1. The quantitative estimate of drug-likeness (QED) is 0.164. The Bertz CT molecular complexity index is 1310. The topological polar surface area (TPSA) is 95.3 Å². The zero-order chi connectivity index (χ0) is 27.2. The van der Waals surface area contributed by atoms with Crippen LogP contribution < -0.4 is 10.1 Å². The van der Waals surface area contributed by atoms with Gasteiger partial charge in [0, 0.05) is 16.4 Å². The lowest BCUT2D eigenvalue weighted by atomic mass is 10.1. The van der Waals surface area contributed by atoms with E-state index >= 15 is 0 Å². The first-order valence-electron chi connectivity index (χ1n) is 12.9. The number of thioether (sulfide) groups is 1. The lowest BCUT2D eigenvalue weighted by molar-refractivity contribution is -0.113. The standard InChI is InChI=1S/C27H33ClN4O4S2/c1-5-32-24(17(4)36-18-12-13-20(28)16(3)14-18)30-31-27(32)37-15-22(33)29-25-23(26(34)35-6-2)19-10-8-7-9-11-21(19)38-25/h12-14,17H,5-11,15H2,1-4H3,(H,29,33). The minimum absolute atomic E-state index is 0.134. The summed E-state index contributed by atoms with van der Waals surface area (Å²) < 4.78 is 13.4. The SMILES string of the molecule is CCOC(=O)c1c(NC(=O)CSc2nnc(C(C)Oc3ccc(Cl)c(C)c3)n2CC)sc2c1CCCCC2. The second-order valence-corrected chi connectivity index (χ2v) is 11.5. The number of nitrogens with one attached hydrogen (secondary N) is 1. The molecule has 11 heteroatoms. The fraction of sp³-hybridized carbons (Fsp3) is 0.481. The number of halogens is 1. The van der Waals surface area contributed by atoms with Gasteiger partial charge < -0.3 is 19.4 Å². The summed E-state index contributed by atoms with van der Waals surface area (Å²) in [6.45, 7) is 8.56. The van der Waals surface area contributed by atoms with Gasteiger partial charge in [-0.05, 0) is 82.7 Å². The van der Waals surface area contributed by atoms with Crippen LogP contribution in [0.25, 0.3) is 0 Å². The number of esters is 1. The molecular weight excluding hydrogens is 544 g/mol. The number of benzene rings is 1.